The highest BCUT2D eigenvalue weighted by atomic mass is 19.4. The molecule has 4 aromatic rings. The molecule has 2 heterocycles. The number of aromatic nitrogens is 2. The van der Waals surface area contributed by atoms with Gasteiger partial charge in [0.25, 0.3) is 5.91 Å². The van der Waals surface area contributed by atoms with Crippen molar-refractivity contribution in [3.63, 3.8) is 0 Å². The number of anilines is 3. The third kappa shape index (κ3) is 5.37. The van der Waals surface area contributed by atoms with E-state index < -0.39 is 17.6 Å². The van der Waals surface area contributed by atoms with Gasteiger partial charge in [-0.3, -0.25) is 4.79 Å². The van der Waals surface area contributed by atoms with Crippen molar-refractivity contribution in [2.75, 3.05) is 43.1 Å². The van der Waals surface area contributed by atoms with E-state index in [-0.39, 0.29) is 11.7 Å². The van der Waals surface area contributed by atoms with Crippen LogP contribution in [0.1, 0.15) is 27.9 Å². The van der Waals surface area contributed by atoms with Gasteiger partial charge in [-0.05, 0) is 86.1 Å². The van der Waals surface area contributed by atoms with Crippen LogP contribution in [0.3, 0.4) is 0 Å². The Morgan fingerprint density at radius 1 is 1.10 bits per heavy atom. The van der Waals surface area contributed by atoms with E-state index in [1.54, 1.807) is 12.1 Å². The first-order chi connectivity index (χ1) is 18.5. The number of alkyl halides is 3. The summed E-state index contributed by atoms with van der Waals surface area (Å²) < 4.78 is 40.8. The lowest BCUT2D eigenvalue weighted by molar-refractivity contribution is -0.137. The van der Waals surface area contributed by atoms with Crippen LogP contribution < -0.4 is 16.0 Å². The molecule has 3 N–H and O–H groups in total. The van der Waals surface area contributed by atoms with E-state index >= 15 is 0 Å². The number of rotatable bonds is 5. The Labute approximate surface area is 224 Å². The monoisotopic (exact) mass is 534 g/mol. The van der Waals surface area contributed by atoms with Crippen molar-refractivity contribution in [3.05, 3.63) is 77.6 Å². The third-order valence-corrected chi connectivity index (χ3v) is 7.34. The molecule has 1 aliphatic heterocycles. The minimum absolute atomic E-state index is 0.115. The molecule has 1 atom stereocenters. The lowest BCUT2D eigenvalue weighted by Gasteiger charge is -2.29. The highest BCUT2D eigenvalue weighted by molar-refractivity contribution is 6.07. The number of carbonyl (C=O) groups excluding carboxylic acids is 1. The molecule has 0 aliphatic carbocycles. The summed E-state index contributed by atoms with van der Waals surface area (Å²) in [6, 6.07) is 14.4. The first kappa shape index (κ1) is 26.4. The number of hydrogen-bond donors (Lipinski definition) is 2. The number of hydrogen-bond acceptors (Lipinski definition) is 6. The van der Waals surface area contributed by atoms with Crippen molar-refractivity contribution in [2.45, 2.75) is 25.6 Å². The number of benzene rings is 3. The van der Waals surface area contributed by atoms with Crippen LogP contribution in [0.5, 0.6) is 0 Å². The molecule has 0 bridgehead atoms. The van der Waals surface area contributed by atoms with Gasteiger partial charge in [-0.2, -0.15) is 13.2 Å². The fourth-order valence-corrected chi connectivity index (χ4v) is 5.06. The molecule has 202 valence electrons. The van der Waals surface area contributed by atoms with Gasteiger partial charge >= 0.3 is 6.18 Å². The highest BCUT2D eigenvalue weighted by Gasteiger charge is 2.32. The molecule has 39 heavy (non-hydrogen) atoms. The van der Waals surface area contributed by atoms with Crippen LogP contribution in [0.15, 0.2) is 60.9 Å². The van der Waals surface area contributed by atoms with Gasteiger partial charge in [0.1, 0.15) is 12.1 Å². The van der Waals surface area contributed by atoms with Crippen LogP contribution >= 0.6 is 0 Å². The van der Waals surface area contributed by atoms with Crippen molar-refractivity contribution in [2.24, 2.45) is 0 Å². The van der Waals surface area contributed by atoms with Crippen LogP contribution in [0, 0.1) is 6.92 Å². The van der Waals surface area contributed by atoms with Crippen molar-refractivity contribution >= 4 is 34.0 Å². The Bertz CT molecular complexity index is 1550. The maximum atomic E-state index is 13.6. The number of aryl methyl sites for hydroxylation is 1. The fourth-order valence-electron chi connectivity index (χ4n) is 5.06. The smallest absolute Gasteiger partial charge is 0.383 e. The summed E-state index contributed by atoms with van der Waals surface area (Å²) in [5, 5.41) is 3.45. The quantitative estimate of drug-likeness (QED) is 0.347. The van der Waals surface area contributed by atoms with Gasteiger partial charge in [0.05, 0.1) is 22.5 Å². The zero-order valence-corrected chi connectivity index (χ0v) is 21.9. The molecule has 1 aliphatic rings. The summed E-state index contributed by atoms with van der Waals surface area (Å²) in [5.41, 5.74) is 9.43. The predicted molar refractivity (Wildman–Crippen MR) is 148 cm³/mol. The molecule has 10 heteroatoms. The summed E-state index contributed by atoms with van der Waals surface area (Å²) >= 11 is 0. The summed E-state index contributed by atoms with van der Waals surface area (Å²) in [5.74, 6) is -0.152. The first-order valence-corrected chi connectivity index (χ1v) is 12.6. The van der Waals surface area contributed by atoms with E-state index in [1.807, 2.05) is 50.2 Å². The molecule has 0 unspecified atom stereocenters. The Morgan fingerprint density at radius 2 is 1.90 bits per heavy atom. The number of nitrogens with zero attached hydrogens (tertiary/aromatic N) is 4. The molecule has 0 spiro atoms. The average Bonchev–Trinajstić information content (AvgIpc) is 3.34. The zero-order chi connectivity index (χ0) is 27.9. The second kappa shape index (κ2) is 10.2. The minimum atomic E-state index is -4.54. The maximum Gasteiger partial charge on any atom is 0.416 e. The van der Waals surface area contributed by atoms with Gasteiger partial charge in [0, 0.05) is 30.6 Å². The van der Waals surface area contributed by atoms with Crippen molar-refractivity contribution in [3.8, 4) is 11.1 Å². The van der Waals surface area contributed by atoms with Gasteiger partial charge in [0.15, 0.2) is 0 Å². The number of nitrogens with one attached hydrogen (secondary N) is 1. The second-order valence-corrected chi connectivity index (χ2v) is 10.0. The van der Waals surface area contributed by atoms with E-state index in [0.29, 0.717) is 28.0 Å². The van der Waals surface area contributed by atoms with Crippen LogP contribution in [-0.4, -0.2) is 54.0 Å². The topological polar surface area (TPSA) is 87.4 Å². The summed E-state index contributed by atoms with van der Waals surface area (Å²) in [6.07, 6.45) is -2.26. The molecule has 1 aromatic heterocycles. The number of nitrogen functional groups attached to an aromatic ring is 1. The van der Waals surface area contributed by atoms with Gasteiger partial charge in [-0.25, -0.2) is 9.97 Å². The lowest BCUT2D eigenvalue weighted by atomic mass is 9.96. The molecule has 3 aromatic carbocycles. The van der Waals surface area contributed by atoms with Gasteiger partial charge in [0.2, 0.25) is 0 Å². The lowest BCUT2D eigenvalue weighted by Crippen LogP contribution is -2.34. The number of carbonyl (C=O) groups is 1. The molecular weight excluding hydrogens is 505 g/mol. The van der Waals surface area contributed by atoms with Gasteiger partial charge in [-0.1, -0.05) is 12.1 Å². The van der Waals surface area contributed by atoms with E-state index in [0.717, 1.165) is 48.3 Å². The molecular formula is C29H29F3N6O. The zero-order valence-electron chi connectivity index (χ0n) is 21.9. The fraction of sp³-hybridized carbons (Fsp3) is 0.276. The molecule has 5 rings (SSSR count). The Hall–Kier alpha value is -4.18. The average molecular weight is 535 g/mol. The summed E-state index contributed by atoms with van der Waals surface area (Å²) in [7, 11) is 3.86. The van der Waals surface area contributed by atoms with E-state index in [2.05, 4.69) is 20.2 Å². The second-order valence-electron chi connectivity index (χ2n) is 10.0. The van der Waals surface area contributed by atoms with Crippen LogP contribution in [0.4, 0.5) is 30.4 Å². The Kier molecular flexibility index (Phi) is 6.90. The van der Waals surface area contributed by atoms with Crippen molar-refractivity contribution in [1.29, 1.82) is 0 Å². The van der Waals surface area contributed by atoms with Crippen LogP contribution in [0.2, 0.25) is 0 Å². The van der Waals surface area contributed by atoms with Crippen molar-refractivity contribution < 1.29 is 18.0 Å². The standard InChI is InChI=1S/C29H29F3N6O/c1-17-4-5-19(13-22(17)18-6-8-24-23(12-18)27(33)35-16-34-24)28(39)36-25-14-20(29(30,31)32)7-9-26(25)38(3)21-10-11-37(2)15-21/h4-9,12-14,16,21H,10-11,15H2,1-3H3,(H,36,39)(H2,33,34,35)/t21-/m0/s1. The number of likely N-dealkylation sites (tertiary alicyclic amines) is 1. The molecule has 1 amide bonds. The number of likely N-dealkylation sites (N-methyl/N-ethyl adjacent to an activating group) is 2. The number of fused-ring (bicyclic) bond motifs is 1. The normalized spacial score (nSPS) is 16.0. The number of halogens is 3. The van der Waals surface area contributed by atoms with Gasteiger partial charge < -0.3 is 20.9 Å². The molecule has 0 radical (unpaired) electrons. The third-order valence-electron chi connectivity index (χ3n) is 7.34. The van der Waals surface area contributed by atoms with E-state index in [4.69, 9.17) is 5.73 Å². The predicted octanol–water partition coefficient (Wildman–Crippen LogP) is 5.60. The maximum absolute atomic E-state index is 13.6. The molecule has 1 fully saturated rings. The minimum Gasteiger partial charge on any atom is -0.383 e. The Morgan fingerprint density at radius 3 is 2.62 bits per heavy atom. The molecule has 0 saturated carbocycles. The highest BCUT2D eigenvalue weighted by Crippen LogP contribution is 2.37. The SMILES string of the molecule is Cc1ccc(C(=O)Nc2cc(C(F)(F)F)ccc2N(C)[C@H]2CCN(C)C2)cc1-c1ccc2ncnc(N)c2c1. The van der Waals surface area contributed by atoms with Crippen molar-refractivity contribution in [1.82, 2.24) is 14.9 Å². The van der Waals surface area contributed by atoms with Crippen LogP contribution in [-0.2, 0) is 6.18 Å². The Balaban J connectivity index is 1.49. The van der Waals surface area contributed by atoms with E-state index in [1.165, 1.54) is 12.4 Å². The van der Waals surface area contributed by atoms with Gasteiger partial charge in [-0.15, -0.1) is 0 Å². The first-order valence-electron chi connectivity index (χ1n) is 12.6. The number of nitrogens with two attached hydrogens (primary N) is 1. The molecule has 1 saturated heterocycles. The largest absolute Gasteiger partial charge is 0.416 e. The van der Waals surface area contributed by atoms with E-state index in [9.17, 15) is 18.0 Å². The molecule has 7 nitrogen and oxygen atoms in total. The summed E-state index contributed by atoms with van der Waals surface area (Å²) in [6.45, 7) is 3.61. The van der Waals surface area contributed by atoms with Crippen LogP contribution in [0.25, 0.3) is 22.0 Å². The summed E-state index contributed by atoms with van der Waals surface area (Å²) in [4.78, 5) is 25.8. The number of amides is 1.